The van der Waals surface area contributed by atoms with E-state index in [1.807, 2.05) is 18.2 Å². The van der Waals surface area contributed by atoms with Crippen molar-refractivity contribution in [2.45, 2.75) is 11.4 Å². The van der Waals surface area contributed by atoms with Gasteiger partial charge in [-0.05, 0) is 35.9 Å². The second kappa shape index (κ2) is 9.43. The molecule has 0 aliphatic heterocycles. The Bertz CT molecular complexity index is 1400. The van der Waals surface area contributed by atoms with Crippen LogP contribution in [-0.4, -0.2) is 27.6 Å². The van der Waals surface area contributed by atoms with Crippen LogP contribution in [0.1, 0.15) is 5.56 Å². The van der Waals surface area contributed by atoms with Crippen molar-refractivity contribution in [1.82, 2.24) is 9.71 Å². The molecule has 0 aliphatic rings. The Kier molecular flexibility index (Phi) is 6.43. The minimum absolute atomic E-state index is 0.0946. The minimum Gasteiger partial charge on any atom is -0.493 e. The van der Waals surface area contributed by atoms with Gasteiger partial charge in [0.2, 0.25) is 10.0 Å². The summed E-state index contributed by atoms with van der Waals surface area (Å²) in [4.78, 5) is 4.09. The second-order valence-electron chi connectivity index (χ2n) is 7.04. The molecule has 0 saturated carbocycles. The molecule has 4 aromatic rings. The average Bonchev–Trinajstić information content (AvgIpc) is 2.84. The van der Waals surface area contributed by atoms with Crippen LogP contribution >= 0.6 is 0 Å². The van der Waals surface area contributed by atoms with Crippen LogP contribution in [0.3, 0.4) is 0 Å². The van der Waals surface area contributed by atoms with Gasteiger partial charge in [-0.1, -0.05) is 30.3 Å². The molecule has 3 aromatic carbocycles. The zero-order valence-corrected chi connectivity index (χ0v) is 18.7. The highest BCUT2D eigenvalue weighted by Gasteiger charge is 2.18. The maximum atomic E-state index is 14.8. The van der Waals surface area contributed by atoms with Crippen molar-refractivity contribution < 1.29 is 27.0 Å². The van der Waals surface area contributed by atoms with Crippen molar-refractivity contribution in [3.63, 3.8) is 0 Å². The Morgan fingerprint density at radius 3 is 2.30 bits per heavy atom. The molecule has 0 atom stereocenters. The lowest BCUT2D eigenvalue weighted by Gasteiger charge is -2.13. The van der Waals surface area contributed by atoms with E-state index < -0.39 is 15.8 Å². The first-order valence-corrected chi connectivity index (χ1v) is 11.4. The van der Waals surface area contributed by atoms with E-state index >= 15 is 0 Å². The number of nitrogens with one attached hydrogen (secondary N) is 1. The van der Waals surface area contributed by atoms with Crippen molar-refractivity contribution in [2.24, 2.45) is 0 Å². The standard InChI is InChI=1S/C24H21FN2O5S/c1-30-23-13-18-20(14-24(23)31-2)26-11-10-21(18)32-22-9-8-17(12-19(22)25)33(28,29)27-15-16-6-4-3-5-7-16/h3-14,27H,15H2,1-2H3. The Morgan fingerprint density at radius 1 is 0.879 bits per heavy atom. The molecule has 1 aromatic heterocycles. The van der Waals surface area contributed by atoms with Crippen LogP contribution in [0.15, 0.2) is 77.8 Å². The number of hydrogen-bond donors (Lipinski definition) is 1. The monoisotopic (exact) mass is 468 g/mol. The van der Waals surface area contributed by atoms with Gasteiger partial charge in [0.15, 0.2) is 23.1 Å². The highest BCUT2D eigenvalue weighted by Crippen LogP contribution is 2.37. The van der Waals surface area contributed by atoms with Crippen LogP contribution in [0.5, 0.6) is 23.0 Å². The van der Waals surface area contributed by atoms with Crippen molar-refractivity contribution in [3.8, 4) is 23.0 Å². The highest BCUT2D eigenvalue weighted by atomic mass is 32.2. The lowest BCUT2D eigenvalue weighted by Crippen LogP contribution is -2.23. The van der Waals surface area contributed by atoms with Crippen LogP contribution in [-0.2, 0) is 16.6 Å². The molecule has 7 nitrogen and oxygen atoms in total. The number of methoxy groups -OCH3 is 2. The molecule has 1 N–H and O–H groups in total. The predicted molar refractivity (Wildman–Crippen MR) is 122 cm³/mol. The molecule has 1 heterocycles. The number of ether oxygens (including phenoxy) is 3. The van der Waals surface area contributed by atoms with Gasteiger partial charge >= 0.3 is 0 Å². The molecule has 0 amide bonds. The molecular formula is C24H21FN2O5S. The van der Waals surface area contributed by atoms with Crippen LogP contribution in [0.4, 0.5) is 4.39 Å². The number of pyridine rings is 1. The lowest BCUT2D eigenvalue weighted by molar-refractivity contribution is 0.355. The van der Waals surface area contributed by atoms with Crippen molar-refractivity contribution >= 4 is 20.9 Å². The summed E-state index contributed by atoms with van der Waals surface area (Å²) in [5.41, 5.74) is 1.35. The zero-order chi connectivity index (χ0) is 23.4. The van der Waals surface area contributed by atoms with Gasteiger partial charge in [-0.15, -0.1) is 0 Å². The predicted octanol–water partition coefficient (Wildman–Crippen LogP) is 4.66. The fourth-order valence-corrected chi connectivity index (χ4v) is 4.27. The third-order valence-electron chi connectivity index (χ3n) is 4.95. The van der Waals surface area contributed by atoms with Crippen molar-refractivity contribution in [2.75, 3.05) is 14.2 Å². The van der Waals surface area contributed by atoms with E-state index in [-0.39, 0.29) is 17.2 Å². The zero-order valence-electron chi connectivity index (χ0n) is 17.9. The largest absolute Gasteiger partial charge is 0.493 e. The van der Waals surface area contributed by atoms with Gasteiger partial charge in [-0.2, -0.15) is 0 Å². The van der Waals surface area contributed by atoms with Crippen molar-refractivity contribution in [3.05, 3.63) is 84.3 Å². The third kappa shape index (κ3) is 4.89. The summed E-state index contributed by atoms with van der Waals surface area (Å²) in [6.45, 7) is 0.0946. The van der Waals surface area contributed by atoms with Crippen LogP contribution in [0, 0.1) is 5.82 Å². The normalized spacial score (nSPS) is 11.4. The molecule has 0 spiro atoms. The lowest BCUT2D eigenvalue weighted by atomic mass is 10.2. The first kappa shape index (κ1) is 22.5. The first-order chi connectivity index (χ1) is 15.9. The molecule has 0 aliphatic carbocycles. The van der Waals surface area contributed by atoms with E-state index in [0.717, 1.165) is 11.6 Å². The van der Waals surface area contributed by atoms with Gasteiger partial charge in [-0.25, -0.2) is 17.5 Å². The van der Waals surface area contributed by atoms with E-state index in [0.29, 0.717) is 28.2 Å². The van der Waals surface area contributed by atoms with Gasteiger partial charge in [0.05, 0.1) is 24.6 Å². The molecule has 0 saturated heterocycles. The van der Waals surface area contributed by atoms with Crippen LogP contribution < -0.4 is 18.9 Å². The molecule has 33 heavy (non-hydrogen) atoms. The van der Waals surface area contributed by atoms with Crippen molar-refractivity contribution in [1.29, 1.82) is 0 Å². The summed E-state index contributed by atoms with van der Waals surface area (Å²) in [5.74, 6) is 0.354. The number of halogens is 1. The molecule has 0 bridgehead atoms. The third-order valence-corrected chi connectivity index (χ3v) is 6.35. The summed E-state index contributed by atoms with van der Waals surface area (Å²) in [6, 6.07) is 17.5. The molecule has 0 unspecified atom stereocenters. The van der Waals surface area contributed by atoms with Gasteiger partial charge < -0.3 is 14.2 Å². The number of hydrogen-bond acceptors (Lipinski definition) is 6. The first-order valence-electron chi connectivity index (χ1n) is 9.93. The second-order valence-corrected chi connectivity index (χ2v) is 8.80. The summed E-state index contributed by atoms with van der Waals surface area (Å²) >= 11 is 0. The minimum atomic E-state index is -3.91. The van der Waals surface area contributed by atoms with Gasteiger partial charge in [-0.3, -0.25) is 4.98 Å². The Labute approximate surface area is 190 Å². The Hall–Kier alpha value is -3.69. The number of benzene rings is 3. The molecule has 0 fully saturated rings. The smallest absolute Gasteiger partial charge is 0.240 e. The van der Waals surface area contributed by atoms with E-state index in [1.54, 1.807) is 30.3 Å². The topological polar surface area (TPSA) is 86.8 Å². The Morgan fingerprint density at radius 2 is 1.61 bits per heavy atom. The van der Waals surface area contributed by atoms with Crippen LogP contribution in [0.25, 0.3) is 10.9 Å². The average molecular weight is 469 g/mol. The SMILES string of the molecule is COc1cc2nccc(Oc3ccc(S(=O)(=O)NCc4ccccc4)cc3F)c2cc1OC. The molecule has 0 radical (unpaired) electrons. The highest BCUT2D eigenvalue weighted by molar-refractivity contribution is 7.89. The fraction of sp³-hybridized carbons (Fsp3) is 0.125. The number of sulfonamides is 1. The molecule has 9 heteroatoms. The Balaban J connectivity index is 1.59. The summed E-state index contributed by atoms with van der Waals surface area (Å²) < 4.78 is 58.8. The fourth-order valence-electron chi connectivity index (χ4n) is 3.24. The molecular weight excluding hydrogens is 447 g/mol. The maximum Gasteiger partial charge on any atom is 0.240 e. The van der Waals surface area contributed by atoms with E-state index in [2.05, 4.69) is 9.71 Å². The van der Waals surface area contributed by atoms with Gasteiger partial charge in [0, 0.05) is 24.2 Å². The van der Waals surface area contributed by atoms with Gasteiger partial charge in [0.1, 0.15) is 5.75 Å². The summed E-state index contributed by atoms with van der Waals surface area (Å²) in [5, 5.41) is 0.579. The number of fused-ring (bicyclic) bond motifs is 1. The summed E-state index contributed by atoms with van der Waals surface area (Å²) in [7, 11) is -0.885. The maximum absolute atomic E-state index is 14.8. The molecule has 170 valence electrons. The van der Waals surface area contributed by atoms with E-state index in [4.69, 9.17) is 14.2 Å². The van der Waals surface area contributed by atoms with E-state index in [1.165, 1.54) is 32.5 Å². The van der Waals surface area contributed by atoms with Gasteiger partial charge in [0.25, 0.3) is 0 Å². The van der Waals surface area contributed by atoms with E-state index in [9.17, 15) is 12.8 Å². The van der Waals surface area contributed by atoms with Crippen LogP contribution in [0.2, 0.25) is 0 Å². The summed E-state index contributed by atoms with van der Waals surface area (Å²) in [6.07, 6.45) is 1.52. The quantitative estimate of drug-likeness (QED) is 0.405. The molecule has 4 rings (SSSR count). The number of rotatable bonds is 8. The number of nitrogens with zero attached hydrogens (tertiary/aromatic N) is 1. The number of aromatic nitrogens is 1.